The Labute approximate surface area is 155 Å². The van der Waals surface area contributed by atoms with E-state index < -0.39 is 12.0 Å². The van der Waals surface area contributed by atoms with Gasteiger partial charge >= 0.3 is 5.97 Å². The molecule has 1 amide bonds. The second-order valence-corrected chi connectivity index (χ2v) is 6.79. The van der Waals surface area contributed by atoms with Gasteiger partial charge in [0.25, 0.3) is 0 Å². The highest BCUT2D eigenvalue weighted by Crippen LogP contribution is 2.24. The molecule has 1 atom stereocenters. The Kier molecular flexibility index (Phi) is 5.43. The maximum absolute atomic E-state index is 12.3. The summed E-state index contributed by atoms with van der Waals surface area (Å²) in [6.45, 7) is 2.02. The number of rotatable bonds is 6. The van der Waals surface area contributed by atoms with Gasteiger partial charge in [-0.3, -0.25) is 4.79 Å². The zero-order chi connectivity index (χ0) is 18.5. The molecular formula is C20H18N2O3S. The van der Waals surface area contributed by atoms with Crippen LogP contribution in [0.15, 0.2) is 60.0 Å². The molecule has 1 heterocycles. The van der Waals surface area contributed by atoms with E-state index >= 15 is 0 Å². The summed E-state index contributed by atoms with van der Waals surface area (Å²) in [7, 11) is 0. The first-order valence-corrected chi connectivity index (χ1v) is 8.99. The number of carboxylic acid groups (broad SMARTS) is 1. The van der Waals surface area contributed by atoms with Gasteiger partial charge in [-0.05, 0) is 12.5 Å². The highest BCUT2D eigenvalue weighted by molar-refractivity contribution is 7.13. The predicted octanol–water partition coefficient (Wildman–Crippen LogP) is 3.60. The maximum Gasteiger partial charge on any atom is 0.330 e. The highest BCUT2D eigenvalue weighted by Gasteiger charge is 2.22. The van der Waals surface area contributed by atoms with Gasteiger partial charge in [0.15, 0.2) is 6.04 Å². The zero-order valence-corrected chi connectivity index (χ0v) is 15.0. The van der Waals surface area contributed by atoms with E-state index in [9.17, 15) is 14.7 Å². The van der Waals surface area contributed by atoms with Crippen molar-refractivity contribution in [1.29, 1.82) is 0 Å². The van der Waals surface area contributed by atoms with Crippen LogP contribution in [-0.2, 0) is 16.0 Å². The van der Waals surface area contributed by atoms with Gasteiger partial charge in [0.05, 0.1) is 12.1 Å². The summed E-state index contributed by atoms with van der Waals surface area (Å²) in [5.74, 6) is -1.47. The van der Waals surface area contributed by atoms with Crippen molar-refractivity contribution in [2.24, 2.45) is 0 Å². The first kappa shape index (κ1) is 17.8. The maximum atomic E-state index is 12.3. The van der Waals surface area contributed by atoms with E-state index in [-0.39, 0.29) is 12.3 Å². The third-order valence-electron chi connectivity index (χ3n) is 3.88. The zero-order valence-electron chi connectivity index (χ0n) is 14.2. The molecule has 1 aromatic heterocycles. The minimum absolute atomic E-state index is 0.0406. The molecule has 0 aliphatic heterocycles. The number of carbonyl (C=O) groups excluding carboxylic acids is 1. The number of hydrogen-bond donors (Lipinski definition) is 2. The first-order chi connectivity index (χ1) is 12.5. The van der Waals surface area contributed by atoms with Gasteiger partial charge in [-0.1, -0.05) is 60.2 Å². The predicted molar refractivity (Wildman–Crippen MR) is 101 cm³/mol. The summed E-state index contributed by atoms with van der Waals surface area (Å²) in [5.41, 5.74) is 3.33. The second-order valence-electron chi connectivity index (χ2n) is 5.94. The van der Waals surface area contributed by atoms with Crippen LogP contribution in [-0.4, -0.2) is 22.0 Å². The molecule has 2 N–H and O–H groups in total. The number of amides is 1. The van der Waals surface area contributed by atoms with E-state index in [0.717, 1.165) is 10.6 Å². The summed E-state index contributed by atoms with van der Waals surface area (Å²) in [6, 6.07) is 15.6. The number of carbonyl (C=O) groups is 2. The summed E-state index contributed by atoms with van der Waals surface area (Å²) in [4.78, 5) is 28.2. The van der Waals surface area contributed by atoms with Crippen molar-refractivity contribution >= 4 is 23.2 Å². The smallest absolute Gasteiger partial charge is 0.330 e. The molecule has 0 unspecified atom stereocenters. The summed E-state index contributed by atoms with van der Waals surface area (Å²) < 4.78 is 0. The minimum atomic E-state index is -1.09. The van der Waals surface area contributed by atoms with Gasteiger partial charge in [-0.15, -0.1) is 11.3 Å². The molecule has 3 rings (SSSR count). The summed E-state index contributed by atoms with van der Waals surface area (Å²) >= 11 is 1.46. The van der Waals surface area contributed by atoms with Crippen molar-refractivity contribution in [2.45, 2.75) is 19.4 Å². The normalized spacial score (nSPS) is 11.7. The number of aliphatic carboxylic acids is 1. The topological polar surface area (TPSA) is 79.3 Å². The molecule has 0 aliphatic carbocycles. The lowest BCUT2D eigenvalue weighted by atomic mass is 10.1. The number of hydrogen-bond acceptors (Lipinski definition) is 4. The Balaban J connectivity index is 1.68. The number of carboxylic acids is 1. The fourth-order valence-corrected chi connectivity index (χ4v) is 3.35. The second kappa shape index (κ2) is 7.93. The third kappa shape index (κ3) is 4.34. The van der Waals surface area contributed by atoms with Crippen LogP contribution in [0.3, 0.4) is 0 Å². The van der Waals surface area contributed by atoms with Crippen molar-refractivity contribution in [3.05, 3.63) is 76.8 Å². The summed E-state index contributed by atoms with van der Waals surface area (Å²) in [5, 5.41) is 14.6. The molecule has 3 aromatic rings. The molecule has 0 saturated carbocycles. The molecule has 0 radical (unpaired) electrons. The molecule has 0 fully saturated rings. The molecule has 0 saturated heterocycles. The van der Waals surface area contributed by atoms with E-state index in [1.807, 2.05) is 36.6 Å². The molecule has 2 aromatic carbocycles. The van der Waals surface area contributed by atoms with Gasteiger partial charge in [0.1, 0.15) is 5.01 Å². The number of thiazole rings is 1. The molecule has 0 spiro atoms. The standard InChI is InChI=1S/C20H18N2O3S/c1-13-7-9-15(10-8-13)19-21-16(12-26-19)11-17(23)22-18(20(24)25)14-5-3-2-4-6-14/h2-10,12,18H,11H2,1H3,(H,22,23)(H,24,25)/t18-/m1/s1. The molecule has 26 heavy (non-hydrogen) atoms. The number of nitrogens with one attached hydrogen (secondary N) is 1. The highest BCUT2D eigenvalue weighted by atomic mass is 32.1. The number of nitrogens with zero attached hydrogens (tertiary/aromatic N) is 1. The summed E-state index contributed by atoms with van der Waals surface area (Å²) in [6.07, 6.45) is 0.0406. The average Bonchev–Trinajstić information content (AvgIpc) is 3.09. The Hall–Kier alpha value is -2.99. The number of benzene rings is 2. The van der Waals surface area contributed by atoms with Gasteiger partial charge in [0, 0.05) is 10.9 Å². The van der Waals surface area contributed by atoms with Crippen molar-refractivity contribution in [3.8, 4) is 10.6 Å². The Morgan fingerprint density at radius 2 is 1.81 bits per heavy atom. The lowest BCUT2D eigenvalue weighted by Crippen LogP contribution is -2.34. The van der Waals surface area contributed by atoms with E-state index in [1.54, 1.807) is 30.3 Å². The fraction of sp³-hybridized carbons (Fsp3) is 0.150. The Morgan fingerprint density at radius 1 is 1.12 bits per heavy atom. The van der Waals surface area contributed by atoms with Crippen molar-refractivity contribution in [1.82, 2.24) is 10.3 Å². The third-order valence-corrected chi connectivity index (χ3v) is 4.82. The largest absolute Gasteiger partial charge is 0.479 e. The van der Waals surface area contributed by atoms with E-state index in [4.69, 9.17) is 0 Å². The Bertz CT molecular complexity index is 904. The molecule has 0 aliphatic rings. The number of aryl methyl sites for hydroxylation is 1. The van der Waals surface area contributed by atoms with Gasteiger partial charge < -0.3 is 10.4 Å². The van der Waals surface area contributed by atoms with Crippen LogP contribution in [0, 0.1) is 6.92 Å². The first-order valence-electron chi connectivity index (χ1n) is 8.11. The van der Waals surface area contributed by atoms with Gasteiger partial charge in [-0.25, -0.2) is 9.78 Å². The fourth-order valence-electron chi connectivity index (χ4n) is 2.53. The number of aromatic nitrogens is 1. The van der Waals surface area contributed by atoms with Crippen LogP contribution in [0.4, 0.5) is 0 Å². The van der Waals surface area contributed by atoms with Gasteiger partial charge in [-0.2, -0.15) is 0 Å². The van der Waals surface area contributed by atoms with Crippen LogP contribution < -0.4 is 5.32 Å². The monoisotopic (exact) mass is 366 g/mol. The van der Waals surface area contributed by atoms with Gasteiger partial charge in [0.2, 0.25) is 5.91 Å². The van der Waals surface area contributed by atoms with E-state index in [1.165, 1.54) is 16.9 Å². The van der Waals surface area contributed by atoms with Crippen LogP contribution >= 0.6 is 11.3 Å². The van der Waals surface area contributed by atoms with Crippen LogP contribution in [0.2, 0.25) is 0 Å². The lowest BCUT2D eigenvalue weighted by molar-refractivity contribution is -0.142. The van der Waals surface area contributed by atoms with E-state index in [2.05, 4.69) is 10.3 Å². The van der Waals surface area contributed by atoms with Crippen LogP contribution in [0.1, 0.15) is 22.9 Å². The molecular weight excluding hydrogens is 348 g/mol. The molecule has 5 nitrogen and oxygen atoms in total. The van der Waals surface area contributed by atoms with Crippen molar-refractivity contribution in [3.63, 3.8) is 0 Å². The Morgan fingerprint density at radius 3 is 2.46 bits per heavy atom. The lowest BCUT2D eigenvalue weighted by Gasteiger charge is -2.14. The SMILES string of the molecule is Cc1ccc(-c2nc(CC(=O)N[C@@H](C(=O)O)c3ccccc3)cs2)cc1. The molecule has 0 bridgehead atoms. The van der Waals surface area contributed by atoms with Crippen LogP contribution in [0.5, 0.6) is 0 Å². The van der Waals surface area contributed by atoms with Crippen molar-refractivity contribution in [2.75, 3.05) is 0 Å². The molecule has 132 valence electrons. The van der Waals surface area contributed by atoms with Crippen LogP contribution in [0.25, 0.3) is 10.6 Å². The van der Waals surface area contributed by atoms with Crippen molar-refractivity contribution < 1.29 is 14.7 Å². The average molecular weight is 366 g/mol. The quantitative estimate of drug-likeness (QED) is 0.699. The minimum Gasteiger partial charge on any atom is -0.479 e. The van der Waals surface area contributed by atoms with E-state index in [0.29, 0.717) is 11.3 Å². The molecule has 6 heteroatoms.